The zero-order chi connectivity index (χ0) is 25.6. The second-order valence-electron chi connectivity index (χ2n) is 10.1. The molecule has 0 aromatic heterocycles. The van der Waals surface area contributed by atoms with E-state index < -0.39 is 37.0 Å². The first kappa shape index (κ1) is 27.5. The second-order valence-corrected chi connectivity index (χ2v) is 15.6. The summed E-state index contributed by atoms with van der Waals surface area (Å²) in [6.45, 7) is 11.2. The predicted octanol–water partition coefficient (Wildman–Crippen LogP) is 5.58. The molecule has 7 heteroatoms. The Bertz CT molecular complexity index is 1010. The first-order chi connectivity index (χ1) is 15.8. The second kappa shape index (κ2) is 11.1. The average molecular weight is 487 g/mol. The summed E-state index contributed by atoms with van der Waals surface area (Å²) in [5.41, 5.74) is 1.08. The van der Waals surface area contributed by atoms with Gasteiger partial charge in [0.15, 0.2) is 5.22 Å². The highest BCUT2D eigenvalue weighted by Gasteiger charge is 2.60. The van der Waals surface area contributed by atoms with Crippen LogP contribution in [0.5, 0.6) is 0 Å². The molecule has 1 N–H and O–H groups in total. The Hall–Kier alpha value is -2.77. The minimum atomic E-state index is -2.80. The van der Waals surface area contributed by atoms with Crippen LogP contribution >= 0.6 is 0 Å². The third-order valence-corrected chi connectivity index (χ3v) is 13.2. The lowest BCUT2D eigenvalue weighted by Gasteiger charge is -2.49. The molecule has 0 radical (unpaired) electrons. The molecular weight excluding hydrogens is 451 g/mol. The number of hydrogen-bond acceptors (Lipinski definition) is 5. The van der Waals surface area contributed by atoms with Gasteiger partial charge in [-0.1, -0.05) is 95.4 Å². The van der Waals surface area contributed by atoms with Crippen molar-refractivity contribution >= 4 is 20.0 Å². The molecule has 0 saturated heterocycles. The van der Waals surface area contributed by atoms with E-state index in [0.717, 1.165) is 5.56 Å². The predicted molar refractivity (Wildman–Crippen MR) is 133 cm³/mol. The van der Waals surface area contributed by atoms with E-state index in [-0.39, 0.29) is 23.8 Å². The van der Waals surface area contributed by atoms with E-state index in [1.54, 1.807) is 19.1 Å². The molecule has 184 valence electrons. The number of ether oxygens (including phenoxy) is 2. The van der Waals surface area contributed by atoms with Gasteiger partial charge in [0.1, 0.15) is 27.1 Å². The molecule has 0 bridgehead atoms. The smallest absolute Gasteiger partial charge is 0.335 e. The van der Waals surface area contributed by atoms with Crippen LogP contribution < -0.4 is 0 Å². The summed E-state index contributed by atoms with van der Waals surface area (Å²) in [6.07, 6.45) is 2.72. The molecule has 0 unspecified atom stereocenters. The maximum Gasteiger partial charge on any atom is 0.335 e. The number of aliphatic hydroxyl groups is 1. The van der Waals surface area contributed by atoms with Crippen LogP contribution in [-0.2, 0) is 32.3 Å². The van der Waals surface area contributed by atoms with Crippen molar-refractivity contribution < 1.29 is 28.6 Å². The average Bonchev–Trinajstić information content (AvgIpc) is 2.79. The van der Waals surface area contributed by atoms with Gasteiger partial charge in [0, 0.05) is 17.6 Å². The van der Waals surface area contributed by atoms with Gasteiger partial charge in [-0.15, -0.1) is 0 Å². The molecule has 2 aromatic rings. The first-order valence-electron chi connectivity index (χ1n) is 11.3. The van der Waals surface area contributed by atoms with Crippen LogP contribution in [0.15, 0.2) is 66.7 Å². The number of carbonyl (C=O) groups is 2. The van der Waals surface area contributed by atoms with Gasteiger partial charge < -0.3 is 14.6 Å². The number of halogens is 1. The van der Waals surface area contributed by atoms with Gasteiger partial charge in [-0.3, -0.25) is 0 Å². The van der Waals surface area contributed by atoms with Crippen LogP contribution in [0.1, 0.15) is 38.8 Å². The molecule has 0 fully saturated rings. The van der Waals surface area contributed by atoms with Crippen molar-refractivity contribution in [1.29, 1.82) is 0 Å². The minimum Gasteiger partial charge on any atom is -0.459 e. The van der Waals surface area contributed by atoms with Gasteiger partial charge >= 0.3 is 11.9 Å². The number of benzene rings is 2. The number of hydrogen-bond donors (Lipinski definition) is 1. The monoisotopic (exact) mass is 486 g/mol. The highest BCUT2D eigenvalue weighted by Crippen LogP contribution is 2.46. The molecule has 0 aliphatic carbocycles. The highest BCUT2D eigenvalue weighted by molar-refractivity contribution is 6.85. The highest BCUT2D eigenvalue weighted by atomic mass is 28.3. The molecule has 0 aliphatic heterocycles. The van der Waals surface area contributed by atoms with Crippen LogP contribution in [0, 0.1) is 11.7 Å². The van der Waals surface area contributed by atoms with E-state index in [4.69, 9.17) is 9.47 Å². The normalized spacial score (nSPS) is 14.9. The molecule has 0 saturated carbocycles. The molecule has 2 rings (SSSR count). The van der Waals surface area contributed by atoms with Crippen LogP contribution in [-0.4, -0.2) is 30.3 Å². The molecule has 5 nitrogen and oxygen atoms in total. The van der Waals surface area contributed by atoms with Crippen molar-refractivity contribution in [1.82, 2.24) is 0 Å². The van der Waals surface area contributed by atoms with Gasteiger partial charge in [-0.05, 0) is 16.7 Å². The van der Waals surface area contributed by atoms with Crippen molar-refractivity contribution in [3.05, 3.63) is 83.7 Å². The Morgan fingerprint density at radius 3 is 2.18 bits per heavy atom. The molecule has 0 spiro atoms. The largest absolute Gasteiger partial charge is 0.459 e. The third-order valence-electron chi connectivity index (χ3n) is 6.86. The van der Waals surface area contributed by atoms with Gasteiger partial charge in [-0.25, -0.2) is 14.0 Å². The zero-order valence-electron chi connectivity index (χ0n) is 20.8. The first-order valence-corrected chi connectivity index (χ1v) is 14.3. The van der Waals surface area contributed by atoms with Crippen molar-refractivity contribution in [3.63, 3.8) is 0 Å². The van der Waals surface area contributed by atoms with Crippen molar-refractivity contribution in [2.24, 2.45) is 5.92 Å². The fourth-order valence-electron chi connectivity index (χ4n) is 3.59. The zero-order valence-corrected chi connectivity index (χ0v) is 21.8. The topological polar surface area (TPSA) is 72.8 Å². The lowest BCUT2D eigenvalue weighted by atomic mass is 10.0. The molecule has 0 heterocycles. The summed E-state index contributed by atoms with van der Waals surface area (Å²) in [7, 11) is -2.80. The van der Waals surface area contributed by atoms with Crippen LogP contribution in [0.4, 0.5) is 4.39 Å². The Balaban J connectivity index is 2.22. The number of esters is 2. The maximum atomic E-state index is 14.0. The Morgan fingerprint density at radius 2 is 1.59 bits per heavy atom. The fourth-order valence-corrected chi connectivity index (χ4v) is 6.55. The van der Waals surface area contributed by atoms with E-state index in [1.165, 1.54) is 24.3 Å². The summed E-state index contributed by atoms with van der Waals surface area (Å²) in [6, 6.07) is 15.3. The Kier molecular flexibility index (Phi) is 8.97. The lowest BCUT2D eigenvalue weighted by Crippen LogP contribution is -2.67. The van der Waals surface area contributed by atoms with Crippen LogP contribution in [0.25, 0.3) is 0 Å². The lowest BCUT2D eigenvalue weighted by molar-refractivity contribution is -0.162. The summed E-state index contributed by atoms with van der Waals surface area (Å²) in [4.78, 5) is 25.6. The number of carbonyl (C=O) groups excluding carboxylic acids is 2. The number of rotatable bonds is 9. The summed E-state index contributed by atoms with van der Waals surface area (Å²) < 4.78 is 24.7. The van der Waals surface area contributed by atoms with E-state index in [9.17, 15) is 19.1 Å². The Labute approximate surface area is 202 Å². The van der Waals surface area contributed by atoms with E-state index >= 15 is 0 Å². The third kappa shape index (κ3) is 6.21. The van der Waals surface area contributed by atoms with Crippen LogP contribution in [0.2, 0.25) is 18.1 Å². The standard InChI is InChI=1S/C27H35FO5Si/c1-20(16-17-24(29)32-18-21-12-8-7-9-13-21)27(31,34(5,6)26(2,3)4)25(30)33-19-22-14-10-11-15-23(22)28/h7-17,20,31H,18-19H2,1-6H3/b17-16+/t20-,27-/m1/s1. The van der Waals surface area contributed by atoms with Gasteiger partial charge in [0.2, 0.25) is 0 Å². The maximum absolute atomic E-state index is 14.0. The quantitative estimate of drug-likeness (QED) is 0.284. The van der Waals surface area contributed by atoms with Crippen LogP contribution in [0.3, 0.4) is 0 Å². The van der Waals surface area contributed by atoms with Crippen molar-refractivity contribution in [2.45, 2.75) is 64.3 Å². The van der Waals surface area contributed by atoms with E-state index in [2.05, 4.69) is 0 Å². The summed E-state index contributed by atoms with van der Waals surface area (Å²) in [5, 5.41) is 9.62. The van der Waals surface area contributed by atoms with Gasteiger partial charge in [0.05, 0.1) is 0 Å². The molecule has 0 aliphatic rings. The molecule has 2 atom stereocenters. The molecular formula is C27H35FO5Si. The molecule has 0 amide bonds. The van der Waals surface area contributed by atoms with Gasteiger partial charge in [0.25, 0.3) is 0 Å². The summed E-state index contributed by atoms with van der Waals surface area (Å²) in [5.74, 6) is -2.63. The SMILES string of the molecule is C[C@H](/C=C/C(=O)OCc1ccccc1)[C@](O)(C(=O)OCc1ccccc1F)[Si](C)(C)C(C)(C)C. The van der Waals surface area contributed by atoms with E-state index in [1.807, 2.05) is 64.2 Å². The molecule has 2 aromatic carbocycles. The molecule has 34 heavy (non-hydrogen) atoms. The van der Waals surface area contributed by atoms with Crippen molar-refractivity contribution in [2.75, 3.05) is 0 Å². The van der Waals surface area contributed by atoms with Gasteiger partial charge in [-0.2, -0.15) is 0 Å². The fraction of sp³-hybridized carbons (Fsp3) is 0.407. The minimum absolute atomic E-state index is 0.121. The van der Waals surface area contributed by atoms with E-state index in [0.29, 0.717) is 0 Å². The summed E-state index contributed by atoms with van der Waals surface area (Å²) >= 11 is 0. The van der Waals surface area contributed by atoms with Crippen molar-refractivity contribution in [3.8, 4) is 0 Å². The Morgan fingerprint density at radius 1 is 1.00 bits per heavy atom.